The first-order valence-electron chi connectivity index (χ1n) is 6.28. The van der Waals surface area contributed by atoms with E-state index in [2.05, 4.69) is 13.0 Å². The van der Waals surface area contributed by atoms with Gasteiger partial charge in [0, 0.05) is 6.42 Å². The van der Waals surface area contributed by atoms with Crippen molar-refractivity contribution in [1.82, 2.24) is 0 Å². The van der Waals surface area contributed by atoms with E-state index in [-0.39, 0.29) is 6.10 Å². The maximum atomic E-state index is 8.86. The summed E-state index contributed by atoms with van der Waals surface area (Å²) in [4.78, 5) is 0. The van der Waals surface area contributed by atoms with E-state index < -0.39 is 5.54 Å². The molecule has 1 aliphatic rings. The molecule has 1 aliphatic carbocycles. The number of hydrogen-bond acceptors (Lipinski definition) is 3. The summed E-state index contributed by atoms with van der Waals surface area (Å²) in [6.45, 7) is 6.06. The van der Waals surface area contributed by atoms with Crippen LogP contribution in [0.2, 0.25) is 0 Å². The van der Waals surface area contributed by atoms with Gasteiger partial charge < -0.3 is 10.5 Å². The van der Waals surface area contributed by atoms with Crippen molar-refractivity contribution in [1.29, 1.82) is 5.26 Å². The zero-order valence-electron chi connectivity index (χ0n) is 10.7. The molecule has 0 aromatic rings. The molecule has 16 heavy (non-hydrogen) atoms. The van der Waals surface area contributed by atoms with Crippen LogP contribution in [0, 0.1) is 17.2 Å². The molecule has 3 heteroatoms. The van der Waals surface area contributed by atoms with Gasteiger partial charge >= 0.3 is 0 Å². The van der Waals surface area contributed by atoms with Crippen molar-refractivity contribution < 1.29 is 4.74 Å². The molecule has 0 aromatic heterocycles. The number of nitrogens with two attached hydrogens (primary N) is 1. The molecule has 0 bridgehead atoms. The predicted molar refractivity (Wildman–Crippen MR) is 64.8 cm³/mol. The lowest BCUT2D eigenvalue weighted by Gasteiger charge is -2.31. The second-order valence-electron chi connectivity index (χ2n) is 5.57. The maximum Gasteiger partial charge on any atom is 0.103 e. The summed E-state index contributed by atoms with van der Waals surface area (Å²) in [6.07, 6.45) is 5.94. The minimum atomic E-state index is -0.764. The molecule has 0 aliphatic heterocycles. The van der Waals surface area contributed by atoms with Crippen molar-refractivity contribution in [3.8, 4) is 6.07 Å². The van der Waals surface area contributed by atoms with Gasteiger partial charge in [-0.15, -0.1) is 0 Å². The van der Waals surface area contributed by atoms with Gasteiger partial charge in [-0.3, -0.25) is 0 Å². The highest BCUT2D eigenvalue weighted by atomic mass is 16.5. The maximum absolute atomic E-state index is 8.86. The molecule has 0 aromatic carbocycles. The van der Waals surface area contributed by atoms with Gasteiger partial charge in [0.2, 0.25) is 0 Å². The van der Waals surface area contributed by atoms with Crippen LogP contribution in [0.25, 0.3) is 0 Å². The third-order valence-corrected chi connectivity index (χ3v) is 3.28. The molecule has 4 atom stereocenters. The highest BCUT2D eigenvalue weighted by Gasteiger charge is 2.25. The average molecular weight is 224 g/mol. The van der Waals surface area contributed by atoms with Crippen molar-refractivity contribution >= 4 is 0 Å². The van der Waals surface area contributed by atoms with Crippen LogP contribution in [0.1, 0.15) is 52.9 Å². The lowest BCUT2D eigenvalue weighted by molar-refractivity contribution is -0.0379. The first kappa shape index (κ1) is 13.5. The van der Waals surface area contributed by atoms with Crippen molar-refractivity contribution in [2.45, 2.75) is 70.6 Å². The molecule has 1 saturated carbocycles. The average Bonchev–Trinajstić information content (AvgIpc) is 2.16. The molecular weight excluding hydrogens is 200 g/mol. The fourth-order valence-electron chi connectivity index (χ4n) is 2.52. The Hall–Kier alpha value is -0.590. The molecule has 1 rings (SSSR count). The van der Waals surface area contributed by atoms with Crippen molar-refractivity contribution in [2.75, 3.05) is 0 Å². The Morgan fingerprint density at radius 2 is 2.25 bits per heavy atom. The van der Waals surface area contributed by atoms with E-state index >= 15 is 0 Å². The number of nitrogens with zero attached hydrogens (tertiary/aromatic N) is 1. The Labute approximate surface area is 99.0 Å². The molecule has 1 fully saturated rings. The van der Waals surface area contributed by atoms with Crippen LogP contribution in [0.4, 0.5) is 0 Å². The third kappa shape index (κ3) is 4.51. The van der Waals surface area contributed by atoms with Crippen LogP contribution < -0.4 is 5.73 Å². The van der Waals surface area contributed by atoms with Gasteiger partial charge in [0.25, 0.3) is 0 Å². The van der Waals surface area contributed by atoms with E-state index in [4.69, 9.17) is 15.7 Å². The largest absolute Gasteiger partial charge is 0.375 e. The molecule has 0 radical (unpaired) electrons. The molecule has 0 spiro atoms. The molecule has 4 unspecified atom stereocenters. The topological polar surface area (TPSA) is 59.0 Å². The highest BCUT2D eigenvalue weighted by Crippen LogP contribution is 2.27. The molecule has 0 heterocycles. The Bertz CT molecular complexity index is 257. The highest BCUT2D eigenvalue weighted by molar-refractivity contribution is 5.01. The minimum Gasteiger partial charge on any atom is -0.375 e. The van der Waals surface area contributed by atoms with E-state index in [1.54, 1.807) is 6.92 Å². The van der Waals surface area contributed by atoms with Gasteiger partial charge in [0.15, 0.2) is 0 Å². The lowest BCUT2D eigenvalue weighted by Crippen LogP contribution is -2.39. The number of hydrogen-bond donors (Lipinski definition) is 1. The Morgan fingerprint density at radius 3 is 2.81 bits per heavy atom. The predicted octanol–water partition coefficient (Wildman–Crippen LogP) is 2.60. The molecule has 2 N–H and O–H groups in total. The first-order valence-corrected chi connectivity index (χ1v) is 6.28. The second-order valence-corrected chi connectivity index (χ2v) is 5.57. The molecular formula is C13H24N2O. The van der Waals surface area contributed by atoms with E-state index in [0.29, 0.717) is 12.5 Å². The zero-order chi connectivity index (χ0) is 12.2. The summed E-state index contributed by atoms with van der Waals surface area (Å²) in [5.74, 6) is 0.770. The standard InChI is InChI=1S/C13H24N2O/c1-10-5-4-6-12(7-10)16-11(2)8-13(3,15)9-14/h10-12H,4-8,15H2,1-3H3. The molecule has 0 amide bonds. The molecule has 3 nitrogen and oxygen atoms in total. The van der Waals surface area contributed by atoms with Gasteiger partial charge in [0.05, 0.1) is 18.3 Å². The van der Waals surface area contributed by atoms with Crippen LogP contribution in [0.3, 0.4) is 0 Å². The van der Waals surface area contributed by atoms with Gasteiger partial charge in [0.1, 0.15) is 5.54 Å². The van der Waals surface area contributed by atoms with E-state index in [9.17, 15) is 0 Å². The van der Waals surface area contributed by atoms with Crippen LogP contribution >= 0.6 is 0 Å². The summed E-state index contributed by atoms with van der Waals surface area (Å²) < 4.78 is 5.97. The summed E-state index contributed by atoms with van der Waals surface area (Å²) in [5, 5.41) is 8.86. The normalized spacial score (nSPS) is 31.4. The van der Waals surface area contributed by atoms with Gasteiger partial charge in [-0.1, -0.05) is 19.8 Å². The smallest absolute Gasteiger partial charge is 0.103 e. The first-order chi connectivity index (χ1) is 7.43. The van der Waals surface area contributed by atoms with E-state index in [1.165, 1.54) is 12.8 Å². The van der Waals surface area contributed by atoms with Crippen LogP contribution in [-0.2, 0) is 4.74 Å². The van der Waals surface area contributed by atoms with Crippen LogP contribution in [-0.4, -0.2) is 17.7 Å². The van der Waals surface area contributed by atoms with Gasteiger partial charge in [-0.25, -0.2) is 0 Å². The van der Waals surface area contributed by atoms with Crippen LogP contribution in [0.15, 0.2) is 0 Å². The number of ether oxygens (including phenoxy) is 1. The van der Waals surface area contributed by atoms with Crippen molar-refractivity contribution in [3.05, 3.63) is 0 Å². The quantitative estimate of drug-likeness (QED) is 0.798. The van der Waals surface area contributed by atoms with Crippen molar-refractivity contribution in [3.63, 3.8) is 0 Å². The van der Waals surface area contributed by atoms with E-state index in [1.807, 2.05) is 6.92 Å². The van der Waals surface area contributed by atoms with Gasteiger partial charge in [-0.2, -0.15) is 5.26 Å². The summed E-state index contributed by atoms with van der Waals surface area (Å²) in [7, 11) is 0. The SMILES string of the molecule is CC1CCCC(OC(C)CC(C)(N)C#N)C1. The minimum absolute atomic E-state index is 0.0740. The Balaban J connectivity index is 2.34. The molecule has 0 saturated heterocycles. The number of nitriles is 1. The third-order valence-electron chi connectivity index (χ3n) is 3.28. The van der Waals surface area contributed by atoms with E-state index in [0.717, 1.165) is 18.8 Å². The zero-order valence-corrected chi connectivity index (χ0v) is 10.7. The number of rotatable bonds is 4. The fraction of sp³-hybridized carbons (Fsp3) is 0.923. The summed E-state index contributed by atoms with van der Waals surface area (Å²) in [6, 6.07) is 2.12. The second kappa shape index (κ2) is 5.65. The monoisotopic (exact) mass is 224 g/mol. The lowest BCUT2D eigenvalue weighted by atomic mass is 9.88. The van der Waals surface area contributed by atoms with Crippen LogP contribution in [0.5, 0.6) is 0 Å². The summed E-state index contributed by atoms with van der Waals surface area (Å²) >= 11 is 0. The molecule has 92 valence electrons. The van der Waals surface area contributed by atoms with Crippen molar-refractivity contribution in [2.24, 2.45) is 11.7 Å². The Kier molecular flexibility index (Phi) is 4.76. The summed E-state index contributed by atoms with van der Waals surface area (Å²) in [5.41, 5.74) is 5.04. The van der Waals surface area contributed by atoms with Gasteiger partial charge in [-0.05, 0) is 32.6 Å². The fourth-order valence-corrected chi connectivity index (χ4v) is 2.52. The Morgan fingerprint density at radius 1 is 1.56 bits per heavy atom.